The lowest BCUT2D eigenvalue weighted by Crippen LogP contribution is -2.39. The number of carbonyl (C=O) groups is 3. The number of amides is 1. The minimum absolute atomic E-state index is 0.0171. The van der Waals surface area contributed by atoms with Gasteiger partial charge in [-0.25, -0.2) is 0 Å². The Morgan fingerprint density at radius 3 is 2.85 bits per heavy atom. The summed E-state index contributed by atoms with van der Waals surface area (Å²) in [5.41, 5.74) is 2.67. The number of anilines is 1. The molecule has 1 saturated heterocycles. The van der Waals surface area contributed by atoms with Crippen molar-refractivity contribution in [3.05, 3.63) is 29.3 Å². The lowest BCUT2D eigenvalue weighted by Gasteiger charge is -2.26. The van der Waals surface area contributed by atoms with E-state index in [9.17, 15) is 14.4 Å². The first-order chi connectivity index (χ1) is 12.4. The van der Waals surface area contributed by atoms with Crippen molar-refractivity contribution in [3.8, 4) is 0 Å². The lowest BCUT2D eigenvalue weighted by molar-refractivity contribution is -0.157. The number of benzene rings is 1. The number of aryl methyl sites for hydroxylation is 2. The van der Waals surface area contributed by atoms with E-state index in [0.717, 1.165) is 17.5 Å². The van der Waals surface area contributed by atoms with Crippen molar-refractivity contribution >= 4 is 39.5 Å². The van der Waals surface area contributed by atoms with Crippen LogP contribution in [-0.2, 0) is 23.9 Å². The molecule has 1 amide bonds. The van der Waals surface area contributed by atoms with Crippen LogP contribution in [0.2, 0.25) is 0 Å². The Labute approximate surface area is 159 Å². The van der Waals surface area contributed by atoms with Gasteiger partial charge in [0.25, 0.3) is 5.91 Å². The number of rotatable bonds is 4. The van der Waals surface area contributed by atoms with Crippen LogP contribution in [0.4, 0.5) is 5.69 Å². The summed E-state index contributed by atoms with van der Waals surface area (Å²) in [7, 11) is 0. The molecule has 0 aromatic heterocycles. The highest BCUT2D eigenvalue weighted by molar-refractivity contribution is 9.09. The van der Waals surface area contributed by atoms with Gasteiger partial charge in [0.1, 0.15) is 6.10 Å². The molecule has 138 valence electrons. The zero-order valence-corrected chi connectivity index (χ0v) is 16.1. The maximum absolute atomic E-state index is 12.6. The maximum Gasteiger partial charge on any atom is 0.310 e. The molecule has 6 nitrogen and oxygen atoms in total. The molecule has 7 heteroatoms. The van der Waals surface area contributed by atoms with E-state index >= 15 is 0 Å². The molecule has 0 radical (unpaired) electrons. The standard InChI is InChI=1S/C19H20BrNO5/c1-8-3-4-9(2)12(5-8)21-13(22)7-25-18(23)14-10-6-11-15(14)19(24)26-17(11)16(10)20/h3-5,10-11,14-17H,6-7H2,1-2H3,(H,21,22)/t10-,11-,14-,15+,16+,17+/m1/s1. The van der Waals surface area contributed by atoms with E-state index < -0.39 is 23.7 Å². The second-order valence-electron chi connectivity index (χ2n) is 7.44. The van der Waals surface area contributed by atoms with Gasteiger partial charge in [-0.2, -0.15) is 0 Å². The van der Waals surface area contributed by atoms with Gasteiger partial charge in [0.15, 0.2) is 6.61 Å². The summed E-state index contributed by atoms with van der Waals surface area (Å²) in [6.45, 7) is 3.47. The quantitative estimate of drug-likeness (QED) is 0.595. The summed E-state index contributed by atoms with van der Waals surface area (Å²) in [4.78, 5) is 36.8. The minimum atomic E-state index is -0.524. The molecule has 3 aliphatic rings. The monoisotopic (exact) mass is 421 g/mol. The molecule has 4 rings (SSSR count). The highest BCUT2D eigenvalue weighted by Gasteiger charge is 2.68. The Morgan fingerprint density at radius 1 is 1.31 bits per heavy atom. The van der Waals surface area contributed by atoms with Crippen LogP contribution in [0.5, 0.6) is 0 Å². The highest BCUT2D eigenvalue weighted by atomic mass is 79.9. The van der Waals surface area contributed by atoms with Crippen LogP contribution in [0.3, 0.4) is 0 Å². The molecule has 6 atom stereocenters. The topological polar surface area (TPSA) is 81.7 Å². The van der Waals surface area contributed by atoms with E-state index in [1.54, 1.807) is 0 Å². The minimum Gasteiger partial charge on any atom is -0.461 e. The Kier molecular flexibility index (Phi) is 4.29. The van der Waals surface area contributed by atoms with Gasteiger partial charge < -0.3 is 14.8 Å². The van der Waals surface area contributed by atoms with Crippen LogP contribution in [0.15, 0.2) is 18.2 Å². The van der Waals surface area contributed by atoms with Crippen LogP contribution in [0.25, 0.3) is 0 Å². The number of nitrogens with one attached hydrogen (secondary N) is 1. The molecule has 1 heterocycles. The zero-order chi connectivity index (χ0) is 18.6. The number of hydrogen-bond acceptors (Lipinski definition) is 5. The molecule has 3 fully saturated rings. The Balaban J connectivity index is 1.38. The number of fused-ring (bicyclic) bond motifs is 1. The summed E-state index contributed by atoms with van der Waals surface area (Å²) in [5, 5.41) is 2.76. The van der Waals surface area contributed by atoms with Crippen LogP contribution in [-0.4, -0.2) is 35.4 Å². The van der Waals surface area contributed by atoms with Gasteiger partial charge in [-0.15, -0.1) is 0 Å². The van der Waals surface area contributed by atoms with E-state index in [2.05, 4.69) is 21.2 Å². The molecule has 1 aliphatic heterocycles. The van der Waals surface area contributed by atoms with E-state index in [1.807, 2.05) is 32.0 Å². The molecule has 2 bridgehead atoms. The number of alkyl halides is 1. The van der Waals surface area contributed by atoms with Gasteiger partial charge in [-0.05, 0) is 43.4 Å². The first kappa shape index (κ1) is 17.5. The van der Waals surface area contributed by atoms with Crippen molar-refractivity contribution < 1.29 is 23.9 Å². The molecular formula is C19H20BrNO5. The third-order valence-electron chi connectivity index (χ3n) is 5.81. The molecule has 0 unspecified atom stereocenters. The number of hydrogen-bond donors (Lipinski definition) is 1. The first-order valence-electron chi connectivity index (χ1n) is 8.75. The van der Waals surface area contributed by atoms with E-state index in [4.69, 9.17) is 9.47 Å². The van der Waals surface area contributed by atoms with Crippen molar-refractivity contribution in [2.45, 2.75) is 31.2 Å². The average molecular weight is 422 g/mol. The van der Waals surface area contributed by atoms with E-state index in [0.29, 0.717) is 5.69 Å². The van der Waals surface area contributed by atoms with E-state index in [-0.39, 0.29) is 35.3 Å². The van der Waals surface area contributed by atoms with Crippen molar-refractivity contribution in [1.29, 1.82) is 0 Å². The lowest BCUT2D eigenvalue weighted by atomic mass is 9.80. The second-order valence-corrected chi connectivity index (χ2v) is 8.49. The molecule has 2 saturated carbocycles. The average Bonchev–Trinajstić information content (AvgIpc) is 3.20. The van der Waals surface area contributed by atoms with Gasteiger partial charge in [0, 0.05) is 11.6 Å². The van der Waals surface area contributed by atoms with E-state index in [1.165, 1.54) is 0 Å². The smallest absolute Gasteiger partial charge is 0.310 e. The van der Waals surface area contributed by atoms with Crippen molar-refractivity contribution in [2.75, 3.05) is 11.9 Å². The largest absolute Gasteiger partial charge is 0.461 e. The van der Waals surface area contributed by atoms with Crippen molar-refractivity contribution in [3.63, 3.8) is 0 Å². The fourth-order valence-electron chi connectivity index (χ4n) is 4.58. The summed E-state index contributed by atoms with van der Waals surface area (Å²) >= 11 is 3.56. The Hall–Kier alpha value is -1.89. The maximum atomic E-state index is 12.6. The predicted octanol–water partition coefficient (Wildman–Crippen LogP) is 2.36. The van der Waals surface area contributed by atoms with Crippen LogP contribution in [0, 0.1) is 37.5 Å². The third-order valence-corrected chi connectivity index (χ3v) is 7.01. The van der Waals surface area contributed by atoms with Gasteiger partial charge in [0.05, 0.1) is 16.7 Å². The number of halogens is 1. The molecular weight excluding hydrogens is 402 g/mol. The summed E-state index contributed by atoms with van der Waals surface area (Å²) < 4.78 is 10.6. The van der Waals surface area contributed by atoms with Crippen molar-refractivity contribution in [2.24, 2.45) is 23.7 Å². The Morgan fingerprint density at radius 2 is 2.08 bits per heavy atom. The SMILES string of the molecule is Cc1ccc(C)c(NC(=O)COC(=O)[C@@H]2[C@H]3C[C@H]4[C@H](OC(=O)[C@@H]42)[C@H]3Br)c1. The molecule has 1 N–H and O–H groups in total. The number of carbonyl (C=O) groups excluding carboxylic acids is 3. The summed E-state index contributed by atoms with van der Waals surface area (Å²) in [6.07, 6.45) is 0.653. The van der Waals surface area contributed by atoms with Crippen LogP contribution >= 0.6 is 15.9 Å². The van der Waals surface area contributed by atoms with Gasteiger partial charge >= 0.3 is 11.9 Å². The van der Waals surface area contributed by atoms with Gasteiger partial charge in [0.2, 0.25) is 0 Å². The normalized spacial score (nSPS) is 33.9. The highest BCUT2D eigenvalue weighted by Crippen LogP contribution is 2.60. The molecule has 1 aromatic carbocycles. The van der Waals surface area contributed by atoms with Gasteiger partial charge in [-0.3, -0.25) is 14.4 Å². The summed E-state index contributed by atoms with van der Waals surface area (Å²) in [5.74, 6) is -2.03. The first-order valence-corrected chi connectivity index (χ1v) is 9.66. The molecule has 2 aliphatic carbocycles. The molecule has 1 aromatic rings. The van der Waals surface area contributed by atoms with Crippen LogP contribution in [0.1, 0.15) is 17.5 Å². The predicted molar refractivity (Wildman–Crippen MR) is 96.7 cm³/mol. The fraction of sp³-hybridized carbons (Fsp3) is 0.526. The zero-order valence-electron chi connectivity index (χ0n) is 14.5. The number of esters is 2. The van der Waals surface area contributed by atoms with Gasteiger partial charge in [-0.1, -0.05) is 28.1 Å². The third kappa shape index (κ3) is 2.73. The second kappa shape index (κ2) is 6.37. The Bertz CT molecular complexity index is 794. The van der Waals surface area contributed by atoms with Crippen LogP contribution < -0.4 is 5.32 Å². The summed E-state index contributed by atoms with van der Waals surface area (Å²) in [6, 6.07) is 5.75. The number of ether oxygens (including phenoxy) is 2. The molecule has 26 heavy (non-hydrogen) atoms. The fourth-order valence-corrected chi connectivity index (χ4v) is 5.63. The molecule has 0 spiro atoms. The van der Waals surface area contributed by atoms with Crippen molar-refractivity contribution in [1.82, 2.24) is 0 Å².